The van der Waals surface area contributed by atoms with Crippen LogP contribution in [-0.4, -0.2) is 91.8 Å². The molecule has 4 aliphatic rings. The van der Waals surface area contributed by atoms with Crippen LogP contribution in [0.1, 0.15) is 85.2 Å². The number of amides is 4. The van der Waals surface area contributed by atoms with Crippen LogP contribution >= 0.6 is 34.8 Å². The van der Waals surface area contributed by atoms with Crippen LogP contribution in [0.5, 0.6) is 0 Å². The molecular weight excluding hydrogens is 991 g/mol. The molecule has 2 aromatic carbocycles. The first-order chi connectivity index (χ1) is 34.8. The zero-order valence-corrected chi connectivity index (χ0v) is 43.7. The molecule has 2 saturated heterocycles. The summed E-state index contributed by atoms with van der Waals surface area (Å²) >= 11 is 18.2. The van der Waals surface area contributed by atoms with Crippen molar-refractivity contribution in [1.29, 1.82) is 0 Å². The molecule has 0 spiro atoms. The summed E-state index contributed by atoms with van der Waals surface area (Å²) < 4.78 is 2.56. The van der Waals surface area contributed by atoms with Gasteiger partial charge in [-0.15, -0.1) is 0 Å². The lowest BCUT2D eigenvalue weighted by Crippen LogP contribution is -2.56. The summed E-state index contributed by atoms with van der Waals surface area (Å²) in [6.45, 7) is 12.7. The minimum absolute atomic E-state index is 0.0179. The molecule has 2 aliphatic heterocycles. The molecular formula is C54H61Cl3N10O6. The van der Waals surface area contributed by atoms with E-state index in [1.807, 2.05) is 18.2 Å². The molecule has 0 atom stereocenters. The highest BCUT2D eigenvalue weighted by Crippen LogP contribution is 2.32. The lowest BCUT2D eigenvalue weighted by molar-refractivity contribution is -0.142. The second kappa shape index (κ2) is 22.4. The van der Waals surface area contributed by atoms with Gasteiger partial charge in [-0.2, -0.15) is 0 Å². The number of nitrogens with two attached hydrogens (primary N) is 1. The summed E-state index contributed by atoms with van der Waals surface area (Å²) in [4.78, 5) is 90.7. The summed E-state index contributed by atoms with van der Waals surface area (Å²) in [7, 11) is 0. The first kappa shape index (κ1) is 53.0. The molecule has 6 aromatic rings. The first-order valence-electron chi connectivity index (χ1n) is 24.5. The zero-order valence-electron chi connectivity index (χ0n) is 41.5. The van der Waals surface area contributed by atoms with Gasteiger partial charge in [-0.25, -0.2) is 9.97 Å². The van der Waals surface area contributed by atoms with E-state index in [1.165, 1.54) is 47.1 Å². The van der Waals surface area contributed by atoms with Crippen molar-refractivity contribution in [2.24, 2.45) is 28.4 Å². The third kappa shape index (κ3) is 13.5. The minimum Gasteiger partial charge on any atom is -0.384 e. The fraction of sp³-hybridized carbons (Fsp3) is 0.407. The largest absolute Gasteiger partial charge is 0.384 e. The number of fused-ring (bicyclic) bond motifs is 2. The summed E-state index contributed by atoms with van der Waals surface area (Å²) in [5, 5.41) is 11.6. The Kier molecular flexibility index (Phi) is 16.3. The van der Waals surface area contributed by atoms with Crippen LogP contribution in [0.25, 0.3) is 22.1 Å². The van der Waals surface area contributed by atoms with E-state index in [2.05, 4.69) is 53.6 Å². The van der Waals surface area contributed by atoms with Crippen molar-refractivity contribution in [2.75, 3.05) is 44.6 Å². The summed E-state index contributed by atoms with van der Waals surface area (Å²) in [5.41, 5.74) is 7.28. The molecule has 4 aromatic heterocycles. The van der Waals surface area contributed by atoms with Gasteiger partial charge in [0.05, 0.1) is 5.02 Å². The topological polar surface area (TPSA) is 207 Å². The normalized spacial score (nSPS) is 16.2. The third-order valence-electron chi connectivity index (χ3n) is 13.2. The Balaban J connectivity index is 0.000000179. The van der Waals surface area contributed by atoms with E-state index in [-0.39, 0.29) is 65.6 Å². The van der Waals surface area contributed by atoms with Crippen LogP contribution in [0, 0.1) is 22.7 Å². The van der Waals surface area contributed by atoms with Crippen LogP contribution in [0.2, 0.25) is 15.1 Å². The van der Waals surface area contributed by atoms with E-state index in [4.69, 9.17) is 40.5 Å². The van der Waals surface area contributed by atoms with Crippen molar-refractivity contribution >= 4 is 86.2 Å². The minimum atomic E-state index is -0.589. The van der Waals surface area contributed by atoms with Gasteiger partial charge in [-0.3, -0.25) is 37.9 Å². The van der Waals surface area contributed by atoms with Gasteiger partial charge in [0.1, 0.15) is 35.5 Å². The second-order valence-corrected chi connectivity index (χ2v) is 22.3. The number of likely N-dealkylation sites (tertiary alicyclic amines) is 2. The van der Waals surface area contributed by atoms with Crippen LogP contribution in [0.3, 0.4) is 0 Å². The van der Waals surface area contributed by atoms with E-state index < -0.39 is 22.9 Å². The van der Waals surface area contributed by atoms with Gasteiger partial charge >= 0.3 is 0 Å². The van der Waals surface area contributed by atoms with Gasteiger partial charge in [0, 0.05) is 84.7 Å². The fourth-order valence-corrected chi connectivity index (χ4v) is 9.21. The maximum absolute atomic E-state index is 13.5. The van der Waals surface area contributed by atoms with E-state index in [0.29, 0.717) is 63.6 Å². The Morgan fingerprint density at radius 2 is 1.04 bits per heavy atom. The third-order valence-corrected chi connectivity index (χ3v) is 14.1. The van der Waals surface area contributed by atoms with Crippen LogP contribution < -0.4 is 32.8 Å². The van der Waals surface area contributed by atoms with Gasteiger partial charge in [0.2, 0.25) is 11.8 Å². The van der Waals surface area contributed by atoms with Gasteiger partial charge in [0.25, 0.3) is 22.9 Å². The molecule has 0 unspecified atom stereocenters. The van der Waals surface area contributed by atoms with E-state index >= 15 is 0 Å². The van der Waals surface area contributed by atoms with Gasteiger partial charge in [-0.1, -0.05) is 86.8 Å². The van der Waals surface area contributed by atoms with Crippen molar-refractivity contribution in [3.05, 3.63) is 143 Å². The predicted molar refractivity (Wildman–Crippen MR) is 286 cm³/mol. The number of pyridine rings is 4. The van der Waals surface area contributed by atoms with Crippen LogP contribution in [0.4, 0.5) is 5.69 Å². The average Bonchev–Trinajstić information content (AvgIpc) is 4.30. The Labute approximate surface area is 438 Å². The smallest absolute Gasteiger partial charge is 0.265 e. The zero-order chi connectivity index (χ0) is 52.2. The van der Waals surface area contributed by atoms with E-state index in [9.17, 15) is 28.8 Å². The van der Waals surface area contributed by atoms with Crippen LogP contribution in [0.15, 0.2) is 94.8 Å². The molecule has 16 nitrogen and oxygen atoms in total. The number of hydrogen-bond acceptors (Lipinski definition) is 10. The number of aromatic nitrogens is 4. The van der Waals surface area contributed by atoms with E-state index in [1.54, 1.807) is 64.5 Å². The van der Waals surface area contributed by atoms with Crippen molar-refractivity contribution in [1.82, 2.24) is 39.5 Å². The Hall–Kier alpha value is -6.33. The highest BCUT2D eigenvalue weighted by Gasteiger charge is 2.38. The van der Waals surface area contributed by atoms with Crippen molar-refractivity contribution < 1.29 is 19.2 Å². The van der Waals surface area contributed by atoms with Gasteiger partial charge in [-0.05, 0) is 115 Å². The average molecular weight is 1050 g/mol. The molecule has 73 heavy (non-hydrogen) atoms. The Morgan fingerprint density at radius 1 is 0.616 bits per heavy atom. The number of carbonyl (C=O) groups is 4. The highest BCUT2D eigenvalue weighted by molar-refractivity contribution is 6.35. The molecule has 0 radical (unpaired) electrons. The lowest BCUT2D eigenvalue weighted by Gasteiger charge is -2.45. The number of anilines is 1. The lowest BCUT2D eigenvalue weighted by atomic mass is 9.84. The number of nitrogens with one attached hydrogen (secondary N) is 3. The van der Waals surface area contributed by atoms with Crippen molar-refractivity contribution in [2.45, 2.75) is 79.6 Å². The molecule has 5 N–H and O–H groups in total. The molecule has 384 valence electrons. The standard InChI is InChI=1S/C27H30ClN5O3.C23H22Cl2N4O3.C4H9N/c1-27(2)15-32(16-27)23(34)14-33-24-20(22(9-10-29-24)30-12-17-3-4-17)11-21(26(33)36)25(35)31-13-18-5-7-19(28)8-6-18;1-23(2)12-28(13-23)19(30)11-29-20-16(18(25)7-8-26-20)9-17(22(29)32)21(31)27-10-14-3-5-15(24)6-4-14;5-3-4-1-2-4/h5-11,17H,3-4,12-16H2,1-2H3,(H,29,30)(H,31,35);3-9H,10-13H2,1-2H3,(H,27,31);4H,1-3,5H2. The number of hydrogen-bond donors (Lipinski definition) is 4. The van der Waals surface area contributed by atoms with Crippen molar-refractivity contribution in [3.63, 3.8) is 0 Å². The Bertz CT molecular complexity index is 3150. The van der Waals surface area contributed by atoms with Gasteiger partial charge in [0.15, 0.2) is 0 Å². The monoisotopic (exact) mass is 1050 g/mol. The highest BCUT2D eigenvalue weighted by atomic mass is 35.5. The number of rotatable bonds is 14. The SMILES string of the molecule is CC1(C)CN(C(=O)Cn2c(=O)c(C(=O)NCc3ccc(Cl)cc3)cc3c(Cl)ccnc32)C1.CC1(C)CN(C(=O)Cn2c(=O)c(C(=O)NCc3ccc(Cl)cc3)cc3c(NCC4CC4)ccnc32)C1.NCC1CC1. The Morgan fingerprint density at radius 3 is 1.45 bits per heavy atom. The molecule has 19 heteroatoms. The maximum atomic E-state index is 13.5. The predicted octanol–water partition coefficient (Wildman–Crippen LogP) is 7.53. The fourth-order valence-electron chi connectivity index (χ4n) is 8.76. The maximum Gasteiger partial charge on any atom is 0.265 e. The summed E-state index contributed by atoms with van der Waals surface area (Å²) in [6.07, 6.45) is 8.26. The van der Waals surface area contributed by atoms with Crippen LogP contribution in [-0.2, 0) is 35.8 Å². The van der Waals surface area contributed by atoms with E-state index in [0.717, 1.165) is 35.8 Å². The number of nitrogens with zero attached hydrogens (tertiary/aromatic N) is 6. The molecule has 6 heterocycles. The van der Waals surface area contributed by atoms with Gasteiger partial charge < -0.3 is 31.5 Å². The van der Waals surface area contributed by atoms with Crippen molar-refractivity contribution in [3.8, 4) is 0 Å². The summed E-state index contributed by atoms with van der Waals surface area (Å²) in [6, 6.07) is 20.6. The molecule has 2 saturated carbocycles. The first-order valence-corrected chi connectivity index (χ1v) is 25.7. The molecule has 4 fully saturated rings. The second-order valence-electron chi connectivity index (χ2n) is 21.0. The summed E-state index contributed by atoms with van der Waals surface area (Å²) in [5.74, 6) is 0.133. The molecule has 4 amide bonds. The number of carbonyl (C=O) groups excluding carboxylic acids is 4. The number of benzene rings is 2. The number of halogens is 3. The molecule has 0 bridgehead atoms. The molecule has 2 aliphatic carbocycles. The molecule has 10 rings (SSSR count). The quantitative estimate of drug-likeness (QED) is 0.0844.